The summed E-state index contributed by atoms with van der Waals surface area (Å²) in [6, 6.07) is 16.8. The second kappa shape index (κ2) is 11.2. The van der Waals surface area contributed by atoms with Crippen molar-refractivity contribution in [2.24, 2.45) is 0 Å². The van der Waals surface area contributed by atoms with Gasteiger partial charge in [-0.1, -0.05) is 23.7 Å². The summed E-state index contributed by atoms with van der Waals surface area (Å²) < 4.78 is 10.3. The molecule has 1 heterocycles. The number of nitro groups is 1. The smallest absolute Gasteiger partial charge is 0.343 e. The molecule has 11 nitrogen and oxygen atoms in total. The molecule has 0 aromatic heterocycles. The van der Waals surface area contributed by atoms with Gasteiger partial charge >= 0.3 is 17.6 Å². The predicted molar refractivity (Wildman–Crippen MR) is 140 cm³/mol. The molecular weight excluding hydrogens is 530 g/mol. The average molecular weight is 550 g/mol. The van der Waals surface area contributed by atoms with Crippen LogP contribution in [-0.2, 0) is 14.3 Å². The Morgan fingerprint density at radius 2 is 1.49 bits per heavy atom. The van der Waals surface area contributed by atoms with Crippen LogP contribution in [0.1, 0.15) is 34.6 Å². The number of anilines is 2. The third-order valence-electron chi connectivity index (χ3n) is 5.39. The molecule has 1 N–H and O–H groups in total. The molecule has 0 spiro atoms. The molecule has 2 amide bonds. The van der Waals surface area contributed by atoms with E-state index >= 15 is 0 Å². The highest BCUT2D eigenvalue weighted by Gasteiger charge is 2.39. The molecule has 0 saturated heterocycles. The maximum atomic E-state index is 13.0. The zero-order chi connectivity index (χ0) is 28.3. The van der Waals surface area contributed by atoms with Gasteiger partial charge in [0.15, 0.2) is 0 Å². The zero-order valence-corrected chi connectivity index (χ0v) is 21.3. The van der Waals surface area contributed by atoms with Crippen molar-refractivity contribution in [1.29, 1.82) is 0 Å². The van der Waals surface area contributed by atoms with Gasteiger partial charge in [0.1, 0.15) is 10.7 Å². The molecule has 12 heteroatoms. The van der Waals surface area contributed by atoms with Gasteiger partial charge in [-0.25, -0.2) is 14.5 Å². The molecular formula is C27H20ClN3O8. The van der Waals surface area contributed by atoms with Crippen LogP contribution in [0.3, 0.4) is 0 Å². The fourth-order valence-corrected chi connectivity index (χ4v) is 3.77. The van der Waals surface area contributed by atoms with Crippen LogP contribution in [0.25, 0.3) is 0 Å². The minimum atomic E-state index is -0.827. The first-order valence-electron chi connectivity index (χ1n) is 11.5. The molecule has 0 bridgehead atoms. The minimum Gasteiger partial charge on any atom is -0.459 e. The molecule has 1 aliphatic rings. The number of carbonyl (C=O) groups excluding carboxylic acids is 4. The van der Waals surface area contributed by atoms with Crippen LogP contribution in [-0.4, -0.2) is 34.8 Å². The van der Waals surface area contributed by atoms with Crippen LogP contribution < -0.4 is 15.0 Å². The number of esters is 2. The molecule has 4 rings (SSSR count). The van der Waals surface area contributed by atoms with Crippen molar-refractivity contribution >= 4 is 52.4 Å². The molecule has 0 aliphatic carbocycles. The van der Waals surface area contributed by atoms with Gasteiger partial charge in [0.25, 0.3) is 11.8 Å². The fraction of sp³-hybridized carbons (Fsp3) is 0.111. The number of rotatable bonds is 8. The lowest BCUT2D eigenvalue weighted by atomic mass is 10.2. The largest absolute Gasteiger partial charge is 0.459 e. The van der Waals surface area contributed by atoms with E-state index in [1.54, 1.807) is 13.8 Å². The molecule has 0 unspecified atom stereocenters. The number of imide groups is 1. The number of ether oxygens (including phenoxy) is 2. The first-order valence-corrected chi connectivity index (χ1v) is 11.9. The molecule has 0 fully saturated rings. The van der Waals surface area contributed by atoms with Gasteiger partial charge in [-0.15, -0.1) is 0 Å². The molecule has 1 aliphatic heterocycles. The van der Waals surface area contributed by atoms with Gasteiger partial charge in [-0.3, -0.25) is 19.7 Å². The maximum absolute atomic E-state index is 13.0. The predicted octanol–water partition coefficient (Wildman–Crippen LogP) is 4.81. The minimum absolute atomic E-state index is 0.0883. The number of halogens is 1. The Morgan fingerprint density at radius 1 is 0.897 bits per heavy atom. The zero-order valence-electron chi connectivity index (χ0n) is 20.5. The summed E-state index contributed by atoms with van der Waals surface area (Å²) >= 11 is 6.17. The number of nitrogens with one attached hydrogen (secondary N) is 1. The summed E-state index contributed by atoms with van der Waals surface area (Å²) in [5.41, 5.74) is 0.342. The van der Waals surface area contributed by atoms with Gasteiger partial charge in [-0.05, 0) is 68.4 Å². The summed E-state index contributed by atoms with van der Waals surface area (Å²) in [5, 5.41) is 13.6. The van der Waals surface area contributed by atoms with Crippen LogP contribution in [0.2, 0.25) is 0 Å². The van der Waals surface area contributed by atoms with E-state index in [-0.39, 0.29) is 45.1 Å². The lowest BCUT2D eigenvalue weighted by molar-refractivity contribution is -0.385. The molecule has 198 valence electrons. The van der Waals surface area contributed by atoms with E-state index in [2.05, 4.69) is 5.32 Å². The fourth-order valence-electron chi connectivity index (χ4n) is 3.56. The van der Waals surface area contributed by atoms with Gasteiger partial charge in [0, 0.05) is 11.8 Å². The van der Waals surface area contributed by atoms with Crippen molar-refractivity contribution < 1.29 is 33.6 Å². The van der Waals surface area contributed by atoms with E-state index in [1.807, 2.05) is 0 Å². The third-order valence-corrected chi connectivity index (χ3v) is 5.74. The Labute approximate surface area is 226 Å². The Bertz CT molecular complexity index is 1510. The second-order valence-electron chi connectivity index (χ2n) is 8.45. The summed E-state index contributed by atoms with van der Waals surface area (Å²) in [5.74, 6) is -3.05. The van der Waals surface area contributed by atoms with Crippen LogP contribution in [0.15, 0.2) is 83.5 Å². The van der Waals surface area contributed by atoms with Crippen molar-refractivity contribution in [1.82, 2.24) is 0 Å². The van der Waals surface area contributed by atoms with Crippen LogP contribution in [0.5, 0.6) is 5.75 Å². The van der Waals surface area contributed by atoms with E-state index < -0.39 is 28.7 Å². The van der Waals surface area contributed by atoms with E-state index in [4.69, 9.17) is 21.1 Å². The van der Waals surface area contributed by atoms with Gasteiger partial charge in [0.2, 0.25) is 5.75 Å². The number of hydrogen-bond acceptors (Lipinski definition) is 9. The summed E-state index contributed by atoms with van der Waals surface area (Å²) in [7, 11) is 0. The number of benzene rings is 3. The Morgan fingerprint density at radius 3 is 2.10 bits per heavy atom. The number of amides is 2. The van der Waals surface area contributed by atoms with Crippen molar-refractivity contribution in [3.8, 4) is 5.75 Å². The van der Waals surface area contributed by atoms with Crippen molar-refractivity contribution in [2.45, 2.75) is 20.0 Å². The molecule has 39 heavy (non-hydrogen) atoms. The Balaban J connectivity index is 1.46. The highest BCUT2D eigenvalue weighted by molar-refractivity contribution is 6.53. The number of para-hydroxylation sites is 2. The lowest BCUT2D eigenvalue weighted by Gasteiger charge is -2.16. The summed E-state index contributed by atoms with van der Waals surface area (Å²) in [4.78, 5) is 61.7. The van der Waals surface area contributed by atoms with Crippen LogP contribution in [0.4, 0.5) is 17.1 Å². The number of hydrogen-bond donors (Lipinski definition) is 1. The second-order valence-corrected chi connectivity index (χ2v) is 8.83. The Kier molecular flexibility index (Phi) is 7.73. The van der Waals surface area contributed by atoms with E-state index in [0.717, 1.165) is 4.90 Å². The summed E-state index contributed by atoms with van der Waals surface area (Å²) in [6.45, 7) is 3.43. The first-order chi connectivity index (χ1) is 18.6. The third kappa shape index (κ3) is 5.78. The maximum Gasteiger partial charge on any atom is 0.343 e. The first kappa shape index (κ1) is 27.0. The van der Waals surface area contributed by atoms with Gasteiger partial charge in [0.05, 0.1) is 27.8 Å². The average Bonchev–Trinajstić information content (AvgIpc) is 3.11. The summed E-state index contributed by atoms with van der Waals surface area (Å²) in [6.07, 6.45) is -0.305. The number of nitrogens with zero attached hydrogens (tertiary/aromatic N) is 2. The van der Waals surface area contributed by atoms with Crippen LogP contribution >= 0.6 is 11.6 Å². The quantitative estimate of drug-likeness (QED) is 0.137. The van der Waals surface area contributed by atoms with E-state index in [9.17, 15) is 29.3 Å². The normalized spacial score (nSPS) is 13.1. The van der Waals surface area contributed by atoms with Crippen molar-refractivity contribution in [3.63, 3.8) is 0 Å². The highest BCUT2D eigenvalue weighted by Crippen LogP contribution is 2.31. The van der Waals surface area contributed by atoms with E-state index in [0.29, 0.717) is 5.69 Å². The Hall–Kier alpha value is -5.03. The molecule has 3 aromatic carbocycles. The lowest BCUT2D eigenvalue weighted by Crippen LogP contribution is -2.32. The van der Waals surface area contributed by atoms with E-state index in [1.165, 1.54) is 72.8 Å². The van der Waals surface area contributed by atoms with Gasteiger partial charge in [-0.2, -0.15) is 0 Å². The van der Waals surface area contributed by atoms with Crippen molar-refractivity contribution in [3.05, 3.63) is 105 Å². The number of carbonyl (C=O) groups is 4. The van der Waals surface area contributed by atoms with Crippen molar-refractivity contribution in [2.75, 3.05) is 10.2 Å². The standard InChI is InChI=1S/C27H20ClN3O8/c1-15(2)38-26(34)17-9-13-19(14-10-17)30-24(32)22(28)23(25(30)33)29-18-11-7-16(8-12-18)27(35)39-21-6-4-3-5-20(21)31(36)37/h3-15,29H,1-2H3. The van der Waals surface area contributed by atoms with Crippen LogP contribution in [0, 0.1) is 10.1 Å². The monoisotopic (exact) mass is 549 g/mol. The number of nitro benzene ring substituents is 1. The molecule has 3 aromatic rings. The molecule has 0 saturated carbocycles. The molecule has 0 atom stereocenters. The SMILES string of the molecule is CC(C)OC(=O)c1ccc(N2C(=O)C(Cl)=C(Nc3ccc(C(=O)Oc4ccccc4[N+](=O)[O-])cc3)C2=O)cc1. The molecule has 0 radical (unpaired) electrons. The highest BCUT2D eigenvalue weighted by atomic mass is 35.5. The topological polar surface area (TPSA) is 145 Å². The van der Waals surface area contributed by atoms with Gasteiger partial charge < -0.3 is 14.8 Å².